The van der Waals surface area contributed by atoms with Crippen LogP contribution in [-0.4, -0.2) is 23.0 Å². The van der Waals surface area contributed by atoms with E-state index >= 15 is 0 Å². The molecule has 0 aliphatic rings. The number of benzene rings is 1. The number of carbonyl (C=O) groups excluding carboxylic acids is 1. The van der Waals surface area contributed by atoms with Gasteiger partial charge in [0.15, 0.2) is 0 Å². The molecule has 0 unspecified atom stereocenters. The lowest BCUT2D eigenvalue weighted by molar-refractivity contribution is 0.0594. The second-order valence-electron chi connectivity index (χ2n) is 4.18. The number of aromatic nitrogens is 2. The number of carbonyl (C=O) groups is 1. The summed E-state index contributed by atoms with van der Waals surface area (Å²) in [5.74, 6) is -0.449. The summed E-state index contributed by atoms with van der Waals surface area (Å²) in [5.41, 5.74) is 2.82. The molecular formula is C15H12N2O2. The molecule has 0 bridgehead atoms. The fourth-order valence-corrected chi connectivity index (χ4v) is 2.23. The van der Waals surface area contributed by atoms with Crippen LogP contribution >= 0.6 is 0 Å². The van der Waals surface area contributed by atoms with Crippen LogP contribution in [0.1, 0.15) is 16.2 Å². The molecule has 0 radical (unpaired) electrons. The SMILES string of the molecule is C=Cc1nc(C(=O)OC)cc2c1[nH]c1ccccc12. The molecule has 3 aromatic rings. The van der Waals surface area contributed by atoms with Gasteiger partial charge in [0.2, 0.25) is 0 Å². The van der Waals surface area contributed by atoms with Gasteiger partial charge in [-0.25, -0.2) is 9.78 Å². The fourth-order valence-electron chi connectivity index (χ4n) is 2.23. The van der Waals surface area contributed by atoms with Crippen molar-refractivity contribution in [3.05, 3.63) is 48.3 Å². The fraction of sp³-hybridized carbons (Fsp3) is 0.0667. The molecule has 3 rings (SSSR count). The highest BCUT2D eigenvalue weighted by Crippen LogP contribution is 2.28. The molecule has 94 valence electrons. The molecular weight excluding hydrogens is 240 g/mol. The molecule has 1 aromatic carbocycles. The molecule has 4 heteroatoms. The Morgan fingerprint density at radius 1 is 1.37 bits per heavy atom. The average Bonchev–Trinajstić information content (AvgIpc) is 2.84. The number of hydrogen-bond donors (Lipinski definition) is 1. The second kappa shape index (κ2) is 4.24. The molecule has 0 aliphatic heterocycles. The van der Waals surface area contributed by atoms with Crippen LogP contribution in [0.25, 0.3) is 27.9 Å². The highest BCUT2D eigenvalue weighted by Gasteiger charge is 2.14. The van der Waals surface area contributed by atoms with Crippen LogP contribution in [0.5, 0.6) is 0 Å². The summed E-state index contributed by atoms with van der Waals surface area (Å²) in [6.45, 7) is 3.74. The molecule has 4 nitrogen and oxygen atoms in total. The number of rotatable bonds is 2. The van der Waals surface area contributed by atoms with Crippen molar-refractivity contribution in [2.45, 2.75) is 0 Å². The summed E-state index contributed by atoms with van der Waals surface area (Å²) in [5, 5.41) is 1.99. The van der Waals surface area contributed by atoms with Gasteiger partial charge in [0.1, 0.15) is 5.69 Å². The standard InChI is InChI=1S/C15H12N2O2/c1-3-11-14-10(8-13(16-11)15(18)19-2)9-6-4-5-7-12(9)17-14/h3-8,17H,1H2,2H3. The number of nitrogens with zero attached hydrogens (tertiary/aromatic N) is 1. The number of esters is 1. The van der Waals surface area contributed by atoms with E-state index in [0.717, 1.165) is 21.8 Å². The molecule has 0 saturated carbocycles. The summed E-state index contributed by atoms with van der Waals surface area (Å²) in [4.78, 5) is 19.2. The van der Waals surface area contributed by atoms with Crippen LogP contribution in [0.15, 0.2) is 36.9 Å². The van der Waals surface area contributed by atoms with Gasteiger partial charge in [-0.2, -0.15) is 0 Å². The van der Waals surface area contributed by atoms with Gasteiger partial charge in [0, 0.05) is 16.3 Å². The monoisotopic (exact) mass is 252 g/mol. The molecule has 0 spiro atoms. The van der Waals surface area contributed by atoms with Crippen molar-refractivity contribution in [2.24, 2.45) is 0 Å². The molecule has 0 fully saturated rings. The van der Waals surface area contributed by atoms with E-state index in [0.29, 0.717) is 5.69 Å². The number of ether oxygens (including phenoxy) is 1. The number of H-pyrrole nitrogens is 1. The first kappa shape index (κ1) is 11.5. The van der Waals surface area contributed by atoms with Gasteiger partial charge in [-0.05, 0) is 18.2 Å². The van der Waals surface area contributed by atoms with Crippen molar-refractivity contribution in [3.8, 4) is 0 Å². The minimum absolute atomic E-state index is 0.287. The van der Waals surface area contributed by atoms with Crippen molar-refractivity contribution in [1.29, 1.82) is 0 Å². The Bertz CT molecular complexity index is 802. The van der Waals surface area contributed by atoms with E-state index < -0.39 is 5.97 Å². The Morgan fingerprint density at radius 3 is 2.89 bits per heavy atom. The number of para-hydroxylation sites is 1. The quantitative estimate of drug-likeness (QED) is 0.713. The van der Waals surface area contributed by atoms with E-state index in [9.17, 15) is 4.79 Å². The minimum Gasteiger partial charge on any atom is -0.464 e. The molecule has 0 saturated heterocycles. The van der Waals surface area contributed by atoms with E-state index in [1.54, 1.807) is 12.1 Å². The van der Waals surface area contributed by atoms with Crippen molar-refractivity contribution in [2.75, 3.05) is 7.11 Å². The zero-order chi connectivity index (χ0) is 13.4. The maximum absolute atomic E-state index is 11.7. The van der Waals surface area contributed by atoms with Crippen LogP contribution in [0, 0.1) is 0 Å². The van der Waals surface area contributed by atoms with Crippen LogP contribution in [0.4, 0.5) is 0 Å². The molecule has 0 aliphatic carbocycles. The van der Waals surface area contributed by atoms with Gasteiger partial charge >= 0.3 is 5.97 Å². The zero-order valence-electron chi connectivity index (χ0n) is 10.4. The largest absolute Gasteiger partial charge is 0.464 e. The first-order valence-electron chi connectivity index (χ1n) is 5.87. The first-order chi connectivity index (χ1) is 9.24. The molecule has 2 heterocycles. The van der Waals surface area contributed by atoms with Crippen molar-refractivity contribution < 1.29 is 9.53 Å². The van der Waals surface area contributed by atoms with Crippen molar-refractivity contribution in [3.63, 3.8) is 0 Å². The lowest BCUT2D eigenvalue weighted by Gasteiger charge is -2.02. The minimum atomic E-state index is -0.449. The van der Waals surface area contributed by atoms with E-state index in [1.807, 2.05) is 24.3 Å². The second-order valence-corrected chi connectivity index (χ2v) is 4.18. The van der Waals surface area contributed by atoms with Gasteiger partial charge in [0.05, 0.1) is 18.3 Å². The topological polar surface area (TPSA) is 55.0 Å². The van der Waals surface area contributed by atoms with Gasteiger partial charge in [0.25, 0.3) is 0 Å². The molecule has 19 heavy (non-hydrogen) atoms. The van der Waals surface area contributed by atoms with Crippen LogP contribution < -0.4 is 0 Å². The number of nitrogens with one attached hydrogen (secondary N) is 1. The number of pyridine rings is 1. The van der Waals surface area contributed by atoms with Crippen molar-refractivity contribution >= 4 is 33.9 Å². The summed E-state index contributed by atoms with van der Waals surface area (Å²) in [7, 11) is 1.34. The van der Waals surface area contributed by atoms with E-state index in [1.165, 1.54) is 7.11 Å². The third kappa shape index (κ3) is 1.69. The van der Waals surface area contributed by atoms with Crippen LogP contribution in [0.2, 0.25) is 0 Å². The summed E-state index contributed by atoms with van der Waals surface area (Å²) >= 11 is 0. The zero-order valence-corrected chi connectivity index (χ0v) is 10.4. The third-order valence-corrected chi connectivity index (χ3v) is 3.11. The Labute approximate surface area is 109 Å². The van der Waals surface area contributed by atoms with Gasteiger partial charge in [-0.3, -0.25) is 0 Å². The lowest BCUT2D eigenvalue weighted by Crippen LogP contribution is -2.05. The highest BCUT2D eigenvalue weighted by atomic mass is 16.5. The third-order valence-electron chi connectivity index (χ3n) is 3.11. The van der Waals surface area contributed by atoms with Crippen LogP contribution in [-0.2, 0) is 4.74 Å². The van der Waals surface area contributed by atoms with Gasteiger partial charge < -0.3 is 9.72 Å². The normalized spacial score (nSPS) is 10.8. The van der Waals surface area contributed by atoms with Gasteiger partial charge in [-0.1, -0.05) is 24.8 Å². The Morgan fingerprint density at radius 2 is 2.16 bits per heavy atom. The predicted octanol–water partition coefficient (Wildman–Crippen LogP) is 3.15. The molecule has 1 N–H and O–H groups in total. The maximum atomic E-state index is 11.7. The average molecular weight is 252 g/mol. The lowest BCUT2D eigenvalue weighted by atomic mass is 10.1. The number of methoxy groups -OCH3 is 1. The molecule has 0 atom stereocenters. The number of aromatic amines is 1. The van der Waals surface area contributed by atoms with E-state index in [-0.39, 0.29) is 5.69 Å². The van der Waals surface area contributed by atoms with Crippen molar-refractivity contribution in [1.82, 2.24) is 9.97 Å². The smallest absolute Gasteiger partial charge is 0.356 e. The Hall–Kier alpha value is -2.62. The summed E-state index contributed by atoms with van der Waals surface area (Å²) in [6, 6.07) is 9.65. The Balaban J connectivity index is 2.43. The summed E-state index contributed by atoms with van der Waals surface area (Å²) in [6.07, 6.45) is 1.63. The molecule has 2 aromatic heterocycles. The van der Waals surface area contributed by atoms with E-state index in [2.05, 4.69) is 16.5 Å². The van der Waals surface area contributed by atoms with Crippen LogP contribution in [0.3, 0.4) is 0 Å². The number of hydrogen-bond acceptors (Lipinski definition) is 3. The predicted molar refractivity (Wildman–Crippen MR) is 75.0 cm³/mol. The Kier molecular flexibility index (Phi) is 2.56. The highest BCUT2D eigenvalue weighted by molar-refractivity contribution is 6.10. The first-order valence-corrected chi connectivity index (χ1v) is 5.87. The van der Waals surface area contributed by atoms with Gasteiger partial charge in [-0.15, -0.1) is 0 Å². The van der Waals surface area contributed by atoms with E-state index in [4.69, 9.17) is 4.74 Å². The maximum Gasteiger partial charge on any atom is 0.356 e. The number of fused-ring (bicyclic) bond motifs is 3. The summed E-state index contributed by atoms with van der Waals surface area (Å²) < 4.78 is 4.73. The molecule has 0 amide bonds.